The Kier molecular flexibility index (Phi) is 7.60. The molecule has 0 spiro atoms. The van der Waals surface area contributed by atoms with Crippen LogP contribution in [0.5, 0.6) is 17.2 Å². The largest absolute Gasteiger partial charge is 0.508 e. The predicted octanol–water partition coefficient (Wildman–Crippen LogP) is 6.36. The van der Waals surface area contributed by atoms with Gasteiger partial charge in [0.1, 0.15) is 22.9 Å². The molecule has 0 radical (unpaired) electrons. The molecule has 0 saturated carbocycles. The Morgan fingerprint density at radius 1 is 0.829 bits per heavy atom. The number of halogens is 1. The van der Waals surface area contributed by atoms with Crippen molar-refractivity contribution in [3.63, 3.8) is 0 Å². The lowest BCUT2D eigenvalue weighted by Crippen LogP contribution is -2.30. The molecule has 2 amide bonds. The van der Waals surface area contributed by atoms with Gasteiger partial charge in [-0.15, -0.1) is 0 Å². The fourth-order valence-electron chi connectivity index (χ4n) is 3.18. The van der Waals surface area contributed by atoms with E-state index in [-0.39, 0.29) is 11.4 Å². The number of phenols is 1. The molecule has 0 saturated heterocycles. The molecule has 4 aromatic carbocycles. The zero-order valence-corrected chi connectivity index (χ0v) is 20.0. The second-order valence-corrected chi connectivity index (χ2v) is 8.34. The lowest BCUT2D eigenvalue weighted by Gasteiger charge is -2.12. The topological polar surface area (TPSA) is 87.7 Å². The van der Waals surface area contributed by atoms with Gasteiger partial charge in [-0.3, -0.25) is 9.59 Å². The van der Waals surface area contributed by atoms with Gasteiger partial charge >= 0.3 is 0 Å². The third-order valence-corrected chi connectivity index (χ3v) is 5.54. The van der Waals surface area contributed by atoms with Gasteiger partial charge in [0.25, 0.3) is 11.8 Å². The molecule has 0 unspecified atom stereocenters. The van der Waals surface area contributed by atoms with E-state index in [9.17, 15) is 14.7 Å². The number of ether oxygens (including phenoxy) is 1. The lowest BCUT2D eigenvalue weighted by atomic mass is 10.1. The van der Waals surface area contributed by atoms with Crippen LogP contribution in [0.3, 0.4) is 0 Å². The quantitative estimate of drug-likeness (QED) is 0.243. The van der Waals surface area contributed by atoms with Gasteiger partial charge in [0, 0.05) is 17.3 Å². The zero-order chi connectivity index (χ0) is 24.6. The number of hydrogen-bond donors (Lipinski definition) is 3. The number of para-hydroxylation sites is 1. The first-order valence-corrected chi connectivity index (χ1v) is 11.5. The molecule has 35 heavy (non-hydrogen) atoms. The fraction of sp³-hybridized carbons (Fsp3) is 0. The van der Waals surface area contributed by atoms with Gasteiger partial charge in [-0.1, -0.05) is 48.5 Å². The van der Waals surface area contributed by atoms with Crippen molar-refractivity contribution in [1.29, 1.82) is 0 Å². The predicted molar refractivity (Wildman–Crippen MR) is 139 cm³/mol. The van der Waals surface area contributed by atoms with Crippen LogP contribution in [-0.4, -0.2) is 16.9 Å². The lowest BCUT2D eigenvalue weighted by molar-refractivity contribution is -0.113. The first-order chi connectivity index (χ1) is 17.0. The SMILES string of the molecule is O=C(Nc1cccc(O)c1)/C(=C\c1ccc(Oc2ccccc2Br)cc1)NC(=O)c1ccccc1. The monoisotopic (exact) mass is 528 g/mol. The van der Waals surface area contributed by atoms with Gasteiger partial charge < -0.3 is 20.5 Å². The molecule has 0 bridgehead atoms. The highest BCUT2D eigenvalue weighted by molar-refractivity contribution is 9.10. The van der Waals surface area contributed by atoms with Crippen LogP contribution in [0.25, 0.3) is 6.08 Å². The van der Waals surface area contributed by atoms with Crippen molar-refractivity contribution in [2.75, 3.05) is 5.32 Å². The average molecular weight is 529 g/mol. The molecule has 0 aromatic heterocycles. The molecule has 0 fully saturated rings. The molecule has 174 valence electrons. The minimum Gasteiger partial charge on any atom is -0.508 e. The molecule has 4 aromatic rings. The van der Waals surface area contributed by atoms with E-state index < -0.39 is 11.8 Å². The summed E-state index contributed by atoms with van der Waals surface area (Å²) >= 11 is 3.46. The van der Waals surface area contributed by atoms with Gasteiger partial charge in [0.2, 0.25) is 0 Å². The van der Waals surface area contributed by atoms with Gasteiger partial charge in [-0.05, 0) is 76.1 Å². The summed E-state index contributed by atoms with van der Waals surface area (Å²) in [6, 6.07) is 29.4. The van der Waals surface area contributed by atoms with Crippen molar-refractivity contribution in [3.05, 3.63) is 124 Å². The number of nitrogens with one attached hydrogen (secondary N) is 2. The summed E-state index contributed by atoms with van der Waals surface area (Å²) in [6.45, 7) is 0. The molecule has 0 aliphatic heterocycles. The highest BCUT2D eigenvalue weighted by atomic mass is 79.9. The fourth-order valence-corrected chi connectivity index (χ4v) is 3.54. The zero-order valence-electron chi connectivity index (χ0n) is 18.4. The molecule has 0 aliphatic carbocycles. The third kappa shape index (κ3) is 6.59. The summed E-state index contributed by atoms with van der Waals surface area (Å²) in [5.74, 6) is 0.359. The standard InChI is InChI=1S/C28H21BrN2O4/c29-24-11-4-5-12-26(24)35-23-15-13-19(14-16-23)17-25(31-27(33)20-7-2-1-3-8-20)28(34)30-21-9-6-10-22(32)18-21/h1-18,32H,(H,30,34)(H,31,33)/b25-17+. The Morgan fingerprint density at radius 2 is 1.54 bits per heavy atom. The van der Waals surface area contributed by atoms with Crippen LogP contribution in [0.15, 0.2) is 113 Å². The normalized spacial score (nSPS) is 10.9. The van der Waals surface area contributed by atoms with Crippen LogP contribution in [0.4, 0.5) is 5.69 Å². The number of carbonyl (C=O) groups is 2. The van der Waals surface area contributed by atoms with Crippen molar-refractivity contribution >= 4 is 39.5 Å². The Morgan fingerprint density at radius 3 is 2.26 bits per heavy atom. The number of rotatable bonds is 7. The molecule has 0 atom stereocenters. The number of hydrogen-bond acceptors (Lipinski definition) is 4. The maximum atomic E-state index is 13.0. The van der Waals surface area contributed by atoms with Crippen LogP contribution < -0.4 is 15.4 Å². The van der Waals surface area contributed by atoms with Crippen LogP contribution in [0.1, 0.15) is 15.9 Å². The average Bonchev–Trinajstić information content (AvgIpc) is 2.86. The maximum Gasteiger partial charge on any atom is 0.272 e. The summed E-state index contributed by atoms with van der Waals surface area (Å²) < 4.78 is 6.72. The first-order valence-electron chi connectivity index (χ1n) is 10.7. The van der Waals surface area contributed by atoms with E-state index >= 15 is 0 Å². The van der Waals surface area contributed by atoms with Crippen LogP contribution in [0.2, 0.25) is 0 Å². The minimum atomic E-state index is -0.534. The van der Waals surface area contributed by atoms with Crippen molar-refractivity contribution in [2.24, 2.45) is 0 Å². The molecular formula is C28H21BrN2O4. The smallest absolute Gasteiger partial charge is 0.272 e. The summed E-state index contributed by atoms with van der Waals surface area (Å²) in [7, 11) is 0. The van der Waals surface area contributed by atoms with E-state index in [4.69, 9.17) is 4.74 Å². The molecular weight excluding hydrogens is 508 g/mol. The first kappa shape index (κ1) is 23.8. The summed E-state index contributed by atoms with van der Waals surface area (Å²) in [5, 5.41) is 15.1. The van der Waals surface area contributed by atoms with E-state index in [2.05, 4.69) is 26.6 Å². The second-order valence-electron chi connectivity index (χ2n) is 7.48. The van der Waals surface area contributed by atoms with E-state index in [1.807, 2.05) is 24.3 Å². The van der Waals surface area contributed by atoms with Crippen molar-refractivity contribution < 1.29 is 19.4 Å². The Labute approximate surface area is 211 Å². The van der Waals surface area contributed by atoms with Crippen LogP contribution in [-0.2, 0) is 4.79 Å². The molecule has 4 rings (SSSR count). The molecule has 0 aliphatic rings. The van der Waals surface area contributed by atoms with Crippen molar-refractivity contribution in [1.82, 2.24) is 5.32 Å². The van der Waals surface area contributed by atoms with Crippen LogP contribution in [0, 0.1) is 0 Å². The molecule has 0 heterocycles. The summed E-state index contributed by atoms with van der Waals surface area (Å²) in [6.07, 6.45) is 1.57. The van der Waals surface area contributed by atoms with E-state index in [1.54, 1.807) is 72.8 Å². The van der Waals surface area contributed by atoms with Crippen LogP contribution >= 0.6 is 15.9 Å². The number of anilines is 1. The Balaban J connectivity index is 1.57. The molecule has 3 N–H and O–H groups in total. The van der Waals surface area contributed by atoms with Gasteiger partial charge in [0.05, 0.1) is 4.47 Å². The number of carbonyl (C=O) groups excluding carboxylic acids is 2. The highest BCUT2D eigenvalue weighted by Gasteiger charge is 2.15. The molecule has 7 heteroatoms. The second kappa shape index (κ2) is 11.2. The Bertz CT molecular complexity index is 1370. The molecule has 6 nitrogen and oxygen atoms in total. The van der Waals surface area contributed by atoms with E-state index in [0.717, 1.165) is 4.47 Å². The minimum absolute atomic E-state index is 0.0160. The summed E-state index contributed by atoms with van der Waals surface area (Å²) in [4.78, 5) is 25.8. The van der Waals surface area contributed by atoms with Gasteiger partial charge in [-0.2, -0.15) is 0 Å². The Hall–Kier alpha value is -4.36. The van der Waals surface area contributed by atoms with Gasteiger partial charge in [0.15, 0.2) is 0 Å². The number of amides is 2. The maximum absolute atomic E-state index is 13.0. The number of aromatic hydroxyl groups is 1. The van der Waals surface area contributed by atoms with Crippen molar-refractivity contribution in [3.8, 4) is 17.2 Å². The van der Waals surface area contributed by atoms with Gasteiger partial charge in [-0.25, -0.2) is 0 Å². The van der Waals surface area contributed by atoms with E-state index in [1.165, 1.54) is 12.1 Å². The summed E-state index contributed by atoms with van der Waals surface area (Å²) in [5.41, 5.74) is 1.54. The number of benzene rings is 4. The number of phenolic OH excluding ortho intramolecular Hbond substituents is 1. The highest BCUT2D eigenvalue weighted by Crippen LogP contribution is 2.29. The van der Waals surface area contributed by atoms with Crippen molar-refractivity contribution in [2.45, 2.75) is 0 Å². The third-order valence-electron chi connectivity index (χ3n) is 4.89. The van der Waals surface area contributed by atoms with E-state index in [0.29, 0.717) is 28.3 Å².